The molecule has 2 unspecified atom stereocenters. The maximum atomic E-state index is 5.74. The first-order valence-corrected chi connectivity index (χ1v) is 7.59. The summed E-state index contributed by atoms with van der Waals surface area (Å²) in [6, 6.07) is 2.55. The highest BCUT2D eigenvalue weighted by Gasteiger charge is 2.27. The van der Waals surface area contributed by atoms with Crippen molar-refractivity contribution in [3.05, 3.63) is 22.9 Å². The number of hydrogen-bond donors (Lipinski definition) is 1. The molecule has 0 spiro atoms. The van der Waals surface area contributed by atoms with E-state index in [1.54, 1.807) is 0 Å². The normalized spacial score (nSPS) is 23.1. The van der Waals surface area contributed by atoms with E-state index in [4.69, 9.17) is 9.72 Å². The first-order chi connectivity index (χ1) is 9.52. The Bertz CT molecular complexity index is 461. The molecule has 112 valence electrons. The van der Waals surface area contributed by atoms with Gasteiger partial charge in [-0.3, -0.25) is 0 Å². The van der Waals surface area contributed by atoms with Gasteiger partial charge in [0.05, 0.1) is 18.8 Å². The molecule has 0 bridgehead atoms. The van der Waals surface area contributed by atoms with Crippen molar-refractivity contribution in [3.8, 4) is 0 Å². The molecule has 2 rings (SSSR count). The van der Waals surface area contributed by atoms with E-state index >= 15 is 0 Å². The van der Waals surface area contributed by atoms with Crippen molar-refractivity contribution in [2.75, 3.05) is 24.6 Å². The topological polar surface area (TPSA) is 37.4 Å². The van der Waals surface area contributed by atoms with Crippen LogP contribution in [0.3, 0.4) is 0 Å². The molecule has 1 N–H and O–H groups in total. The summed E-state index contributed by atoms with van der Waals surface area (Å²) in [6.45, 7) is 14.3. The average Bonchev–Trinajstić information content (AvgIpc) is 2.40. The molecule has 0 aliphatic carbocycles. The number of rotatable bonds is 4. The second kappa shape index (κ2) is 6.55. The van der Waals surface area contributed by atoms with E-state index in [0.29, 0.717) is 6.04 Å². The molecule has 1 saturated heterocycles. The minimum Gasteiger partial charge on any atom is -0.375 e. The summed E-state index contributed by atoms with van der Waals surface area (Å²) in [7, 11) is 0. The molecule has 0 radical (unpaired) electrons. The lowest BCUT2D eigenvalue weighted by Gasteiger charge is -2.39. The summed E-state index contributed by atoms with van der Waals surface area (Å²) < 4.78 is 5.74. The van der Waals surface area contributed by atoms with Gasteiger partial charge in [-0.05, 0) is 45.9 Å². The fraction of sp³-hybridized carbons (Fsp3) is 0.688. The molecule has 1 aromatic heterocycles. The zero-order valence-electron chi connectivity index (χ0n) is 13.4. The van der Waals surface area contributed by atoms with Crippen molar-refractivity contribution in [2.45, 2.75) is 53.3 Å². The van der Waals surface area contributed by atoms with Crippen LogP contribution >= 0.6 is 0 Å². The standard InChI is InChI=1S/C16H27N3O/c1-6-17-8-15-11(2)7-12(3)18-16(15)19-9-14(5)20-10-13(19)4/h7,13-14,17H,6,8-10H2,1-5H3. The molecule has 1 aliphatic heterocycles. The largest absolute Gasteiger partial charge is 0.375 e. The summed E-state index contributed by atoms with van der Waals surface area (Å²) in [4.78, 5) is 7.23. The van der Waals surface area contributed by atoms with Gasteiger partial charge in [-0.15, -0.1) is 0 Å². The number of aryl methyl sites for hydroxylation is 2. The fourth-order valence-electron chi connectivity index (χ4n) is 2.75. The van der Waals surface area contributed by atoms with Gasteiger partial charge in [0, 0.05) is 24.3 Å². The van der Waals surface area contributed by atoms with Crippen molar-refractivity contribution >= 4 is 5.82 Å². The van der Waals surface area contributed by atoms with Crippen LogP contribution < -0.4 is 10.2 Å². The summed E-state index contributed by atoms with van der Waals surface area (Å²) in [5.41, 5.74) is 3.72. The van der Waals surface area contributed by atoms with E-state index in [1.165, 1.54) is 11.1 Å². The van der Waals surface area contributed by atoms with Crippen LogP contribution in [-0.4, -0.2) is 36.8 Å². The van der Waals surface area contributed by atoms with Gasteiger partial charge in [0.1, 0.15) is 5.82 Å². The lowest BCUT2D eigenvalue weighted by molar-refractivity contribution is 0.0339. The summed E-state index contributed by atoms with van der Waals surface area (Å²) in [6.07, 6.45) is 0.265. The Morgan fingerprint density at radius 2 is 2.15 bits per heavy atom. The van der Waals surface area contributed by atoms with Crippen molar-refractivity contribution in [1.82, 2.24) is 10.3 Å². The van der Waals surface area contributed by atoms with Crippen LogP contribution in [0.4, 0.5) is 5.82 Å². The number of aromatic nitrogens is 1. The second-order valence-corrected chi connectivity index (χ2v) is 5.81. The average molecular weight is 277 g/mol. The van der Waals surface area contributed by atoms with Crippen LogP contribution in [0.25, 0.3) is 0 Å². The lowest BCUT2D eigenvalue weighted by Crippen LogP contribution is -2.48. The van der Waals surface area contributed by atoms with Crippen LogP contribution in [0, 0.1) is 13.8 Å². The number of morpholine rings is 1. The van der Waals surface area contributed by atoms with Crippen molar-refractivity contribution in [3.63, 3.8) is 0 Å². The Balaban J connectivity index is 2.37. The minimum atomic E-state index is 0.265. The maximum Gasteiger partial charge on any atom is 0.134 e. The second-order valence-electron chi connectivity index (χ2n) is 5.81. The number of hydrogen-bond acceptors (Lipinski definition) is 4. The molecule has 2 atom stereocenters. The number of anilines is 1. The summed E-state index contributed by atoms with van der Waals surface area (Å²) in [5.74, 6) is 1.13. The predicted molar refractivity (Wildman–Crippen MR) is 83.3 cm³/mol. The third-order valence-electron chi connectivity index (χ3n) is 3.89. The van der Waals surface area contributed by atoms with Gasteiger partial charge in [0.15, 0.2) is 0 Å². The lowest BCUT2D eigenvalue weighted by atomic mass is 10.1. The Morgan fingerprint density at radius 1 is 1.40 bits per heavy atom. The quantitative estimate of drug-likeness (QED) is 0.917. The fourth-order valence-corrected chi connectivity index (χ4v) is 2.75. The summed E-state index contributed by atoms with van der Waals surface area (Å²) >= 11 is 0. The van der Waals surface area contributed by atoms with Crippen molar-refractivity contribution < 1.29 is 4.74 Å². The number of pyridine rings is 1. The van der Waals surface area contributed by atoms with Gasteiger partial charge in [-0.2, -0.15) is 0 Å². The van der Waals surface area contributed by atoms with Crippen LogP contribution in [-0.2, 0) is 11.3 Å². The molecule has 0 saturated carbocycles. The number of nitrogens with zero attached hydrogens (tertiary/aromatic N) is 2. The summed E-state index contributed by atoms with van der Waals surface area (Å²) in [5, 5.41) is 3.43. The van der Waals surface area contributed by atoms with Gasteiger partial charge >= 0.3 is 0 Å². The Labute approximate surface area is 122 Å². The third kappa shape index (κ3) is 3.30. The molecule has 0 aromatic carbocycles. The van der Waals surface area contributed by atoms with E-state index in [1.807, 2.05) is 0 Å². The highest BCUT2D eigenvalue weighted by Crippen LogP contribution is 2.26. The highest BCUT2D eigenvalue weighted by atomic mass is 16.5. The molecule has 1 aliphatic rings. The molecule has 20 heavy (non-hydrogen) atoms. The Kier molecular flexibility index (Phi) is 5.00. The van der Waals surface area contributed by atoms with Gasteiger partial charge in [-0.25, -0.2) is 4.98 Å². The van der Waals surface area contributed by atoms with Crippen LogP contribution in [0.1, 0.15) is 37.6 Å². The van der Waals surface area contributed by atoms with E-state index in [-0.39, 0.29) is 6.10 Å². The molecule has 2 heterocycles. The van der Waals surface area contributed by atoms with E-state index in [2.05, 4.69) is 50.9 Å². The van der Waals surface area contributed by atoms with E-state index in [9.17, 15) is 0 Å². The zero-order chi connectivity index (χ0) is 14.7. The van der Waals surface area contributed by atoms with Crippen LogP contribution in [0.15, 0.2) is 6.07 Å². The van der Waals surface area contributed by atoms with Crippen molar-refractivity contribution in [2.24, 2.45) is 0 Å². The number of nitrogens with one attached hydrogen (secondary N) is 1. The maximum absolute atomic E-state index is 5.74. The number of ether oxygens (including phenoxy) is 1. The SMILES string of the molecule is CCNCc1c(C)cc(C)nc1N1CC(C)OCC1C. The first-order valence-electron chi connectivity index (χ1n) is 7.59. The monoisotopic (exact) mass is 277 g/mol. The molecule has 4 heteroatoms. The zero-order valence-corrected chi connectivity index (χ0v) is 13.4. The van der Waals surface area contributed by atoms with E-state index < -0.39 is 0 Å². The van der Waals surface area contributed by atoms with Gasteiger partial charge < -0.3 is 15.0 Å². The smallest absolute Gasteiger partial charge is 0.134 e. The molecular weight excluding hydrogens is 250 g/mol. The molecule has 4 nitrogen and oxygen atoms in total. The molecule has 1 aromatic rings. The van der Waals surface area contributed by atoms with Gasteiger partial charge in [0.25, 0.3) is 0 Å². The van der Waals surface area contributed by atoms with Gasteiger partial charge in [-0.1, -0.05) is 6.92 Å². The Morgan fingerprint density at radius 3 is 2.85 bits per heavy atom. The molecule has 1 fully saturated rings. The predicted octanol–water partition coefficient (Wildman–Crippen LogP) is 2.42. The highest BCUT2D eigenvalue weighted by molar-refractivity contribution is 5.52. The van der Waals surface area contributed by atoms with Crippen LogP contribution in [0.2, 0.25) is 0 Å². The van der Waals surface area contributed by atoms with Crippen molar-refractivity contribution in [1.29, 1.82) is 0 Å². The minimum absolute atomic E-state index is 0.265. The van der Waals surface area contributed by atoms with Crippen LogP contribution in [0.5, 0.6) is 0 Å². The molecule has 0 amide bonds. The Hall–Kier alpha value is -1.13. The van der Waals surface area contributed by atoms with E-state index in [0.717, 1.165) is 37.8 Å². The first kappa shape index (κ1) is 15.3. The molecular formula is C16H27N3O. The third-order valence-corrected chi connectivity index (χ3v) is 3.89. The van der Waals surface area contributed by atoms with Gasteiger partial charge in [0.2, 0.25) is 0 Å².